The minimum absolute atomic E-state index is 0.0133. The van der Waals surface area contributed by atoms with Gasteiger partial charge in [0.2, 0.25) is 0 Å². The molecule has 7 heteroatoms. The van der Waals surface area contributed by atoms with E-state index in [2.05, 4.69) is 0 Å². The summed E-state index contributed by atoms with van der Waals surface area (Å²) in [5.74, 6) is -1.22. The third kappa shape index (κ3) is 1.92. The molecule has 0 saturated carbocycles. The highest BCUT2D eigenvalue weighted by atomic mass is 127. The van der Waals surface area contributed by atoms with Gasteiger partial charge >= 0.3 is 5.97 Å². The predicted octanol–water partition coefficient (Wildman–Crippen LogP) is 1.48. The number of aromatic carboxylic acids is 1. The normalized spacial score (nSPS) is 9.79. The van der Waals surface area contributed by atoms with Crippen LogP contribution in [0.25, 0.3) is 0 Å². The van der Waals surface area contributed by atoms with Crippen LogP contribution in [0.5, 0.6) is 0 Å². The number of nitrogen functional groups attached to an aromatic ring is 1. The molecule has 0 radical (unpaired) electrons. The van der Waals surface area contributed by atoms with Crippen LogP contribution >= 0.6 is 22.6 Å². The Hall–Kier alpha value is -1.38. The molecule has 0 aromatic heterocycles. The first-order chi connectivity index (χ1) is 6.43. The number of nitrogens with zero attached hydrogens (tertiary/aromatic N) is 1. The number of carboxylic acid groups (broad SMARTS) is 1. The molecule has 0 aliphatic rings. The SMILES string of the molecule is Nc1c(I)cc(C(=O)O)cc1[N+](=O)[O-]. The van der Waals surface area contributed by atoms with Gasteiger partial charge in [0.1, 0.15) is 5.69 Å². The first-order valence-electron chi connectivity index (χ1n) is 3.40. The Balaban J connectivity index is 3.43. The fraction of sp³-hybridized carbons (Fsp3) is 0. The molecule has 1 aromatic carbocycles. The number of rotatable bonds is 2. The maximum absolute atomic E-state index is 10.6. The third-order valence-electron chi connectivity index (χ3n) is 1.55. The van der Waals surface area contributed by atoms with Crippen LogP contribution < -0.4 is 5.73 Å². The summed E-state index contributed by atoms with van der Waals surface area (Å²) < 4.78 is 0.356. The average molecular weight is 308 g/mol. The molecule has 74 valence electrons. The van der Waals surface area contributed by atoms with Crippen LogP contribution in [-0.4, -0.2) is 16.0 Å². The van der Waals surface area contributed by atoms with E-state index in [9.17, 15) is 14.9 Å². The van der Waals surface area contributed by atoms with Crippen molar-refractivity contribution in [3.63, 3.8) is 0 Å². The number of benzene rings is 1. The maximum atomic E-state index is 10.6. The number of halogens is 1. The molecule has 0 amide bonds. The monoisotopic (exact) mass is 308 g/mol. The Labute approximate surface area is 92.0 Å². The highest BCUT2D eigenvalue weighted by Crippen LogP contribution is 2.28. The van der Waals surface area contributed by atoms with E-state index >= 15 is 0 Å². The zero-order valence-electron chi connectivity index (χ0n) is 6.73. The van der Waals surface area contributed by atoms with Gasteiger partial charge in [-0.15, -0.1) is 0 Å². The second-order valence-corrected chi connectivity index (χ2v) is 3.62. The number of nitro benzene ring substituents is 1. The van der Waals surface area contributed by atoms with E-state index in [-0.39, 0.29) is 16.9 Å². The summed E-state index contributed by atoms with van der Waals surface area (Å²) in [4.78, 5) is 20.3. The van der Waals surface area contributed by atoms with E-state index in [1.54, 1.807) is 22.6 Å². The van der Waals surface area contributed by atoms with Crippen molar-refractivity contribution in [1.29, 1.82) is 0 Å². The molecule has 0 spiro atoms. The number of nitrogens with two attached hydrogens (primary N) is 1. The molecule has 1 rings (SSSR count). The van der Waals surface area contributed by atoms with E-state index in [1.165, 1.54) is 6.07 Å². The number of anilines is 1. The fourth-order valence-electron chi connectivity index (χ4n) is 0.878. The third-order valence-corrected chi connectivity index (χ3v) is 2.44. The second-order valence-electron chi connectivity index (χ2n) is 2.45. The van der Waals surface area contributed by atoms with E-state index in [1.807, 2.05) is 0 Å². The van der Waals surface area contributed by atoms with Gasteiger partial charge in [-0.3, -0.25) is 10.1 Å². The number of carbonyl (C=O) groups is 1. The summed E-state index contributed by atoms with van der Waals surface area (Å²) in [6.07, 6.45) is 0. The van der Waals surface area contributed by atoms with Crippen LogP contribution in [0.2, 0.25) is 0 Å². The zero-order valence-corrected chi connectivity index (χ0v) is 8.89. The lowest BCUT2D eigenvalue weighted by molar-refractivity contribution is -0.384. The molecule has 0 aliphatic carbocycles. The molecule has 0 bridgehead atoms. The van der Waals surface area contributed by atoms with Gasteiger partial charge in [-0.2, -0.15) is 0 Å². The number of hydrogen-bond acceptors (Lipinski definition) is 4. The summed E-state index contributed by atoms with van der Waals surface area (Å²) in [6.45, 7) is 0. The molecule has 6 nitrogen and oxygen atoms in total. The van der Waals surface area contributed by atoms with Gasteiger partial charge in [-0.05, 0) is 28.7 Å². The van der Waals surface area contributed by atoms with Crippen molar-refractivity contribution >= 4 is 39.9 Å². The van der Waals surface area contributed by atoms with Crippen molar-refractivity contribution in [1.82, 2.24) is 0 Å². The van der Waals surface area contributed by atoms with Crippen molar-refractivity contribution in [3.05, 3.63) is 31.4 Å². The number of carboxylic acids is 1. The van der Waals surface area contributed by atoms with Crippen LogP contribution in [0, 0.1) is 13.7 Å². The lowest BCUT2D eigenvalue weighted by atomic mass is 10.2. The van der Waals surface area contributed by atoms with Crippen LogP contribution in [0.4, 0.5) is 11.4 Å². The van der Waals surface area contributed by atoms with E-state index in [0.29, 0.717) is 3.57 Å². The molecule has 0 aliphatic heterocycles. The Morgan fingerprint density at radius 3 is 2.57 bits per heavy atom. The van der Waals surface area contributed by atoms with Crippen molar-refractivity contribution in [2.75, 3.05) is 5.73 Å². The van der Waals surface area contributed by atoms with Gasteiger partial charge in [-0.25, -0.2) is 4.79 Å². The Morgan fingerprint density at radius 2 is 2.14 bits per heavy atom. The van der Waals surface area contributed by atoms with Gasteiger partial charge < -0.3 is 10.8 Å². The first kappa shape index (κ1) is 10.7. The molecule has 1 aromatic rings. The van der Waals surface area contributed by atoms with Crippen molar-refractivity contribution in [2.24, 2.45) is 0 Å². The molecule has 0 atom stereocenters. The van der Waals surface area contributed by atoms with Crippen molar-refractivity contribution < 1.29 is 14.8 Å². The van der Waals surface area contributed by atoms with Gasteiger partial charge in [-0.1, -0.05) is 0 Å². The summed E-state index contributed by atoms with van der Waals surface area (Å²) >= 11 is 1.75. The molecule has 0 heterocycles. The van der Waals surface area contributed by atoms with Gasteiger partial charge in [0, 0.05) is 9.64 Å². The first-order valence-corrected chi connectivity index (χ1v) is 4.48. The van der Waals surface area contributed by atoms with Crippen molar-refractivity contribution in [2.45, 2.75) is 0 Å². The molecular weight excluding hydrogens is 303 g/mol. The van der Waals surface area contributed by atoms with Crippen LogP contribution in [-0.2, 0) is 0 Å². The van der Waals surface area contributed by atoms with Gasteiger partial charge in [0.25, 0.3) is 5.69 Å². The highest BCUT2D eigenvalue weighted by molar-refractivity contribution is 14.1. The molecule has 0 saturated heterocycles. The fourth-order valence-corrected chi connectivity index (χ4v) is 1.49. The lowest BCUT2D eigenvalue weighted by Gasteiger charge is -2.01. The Morgan fingerprint density at radius 1 is 1.57 bits per heavy atom. The lowest BCUT2D eigenvalue weighted by Crippen LogP contribution is -2.03. The molecular formula is C7H5IN2O4. The topological polar surface area (TPSA) is 106 Å². The maximum Gasteiger partial charge on any atom is 0.335 e. The van der Waals surface area contributed by atoms with Crippen molar-refractivity contribution in [3.8, 4) is 0 Å². The standard InChI is InChI=1S/C7H5IN2O4/c8-4-1-3(7(11)12)2-5(6(4)9)10(13)14/h1-2H,9H2,(H,11,12). The van der Waals surface area contributed by atoms with E-state index in [4.69, 9.17) is 10.8 Å². The largest absolute Gasteiger partial charge is 0.478 e. The smallest absolute Gasteiger partial charge is 0.335 e. The van der Waals surface area contributed by atoms with Crippen LogP contribution in [0.3, 0.4) is 0 Å². The summed E-state index contributed by atoms with van der Waals surface area (Å²) in [5.41, 5.74) is 4.87. The zero-order chi connectivity index (χ0) is 10.9. The Kier molecular flexibility index (Phi) is 2.89. The van der Waals surface area contributed by atoms with Gasteiger partial charge in [0.05, 0.1) is 10.5 Å². The van der Waals surface area contributed by atoms with Crippen LogP contribution in [0.1, 0.15) is 10.4 Å². The van der Waals surface area contributed by atoms with E-state index in [0.717, 1.165) is 6.07 Å². The van der Waals surface area contributed by atoms with E-state index < -0.39 is 10.9 Å². The highest BCUT2D eigenvalue weighted by Gasteiger charge is 2.18. The van der Waals surface area contributed by atoms with Gasteiger partial charge in [0.15, 0.2) is 0 Å². The molecule has 14 heavy (non-hydrogen) atoms. The molecule has 0 unspecified atom stereocenters. The summed E-state index contributed by atoms with van der Waals surface area (Å²) in [6, 6.07) is 2.23. The Bertz CT molecular complexity index is 418. The van der Waals surface area contributed by atoms with Crippen LogP contribution in [0.15, 0.2) is 12.1 Å². The minimum Gasteiger partial charge on any atom is -0.478 e. The molecule has 3 N–H and O–H groups in total. The predicted molar refractivity (Wildman–Crippen MR) is 57.2 cm³/mol. The summed E-state index contributed by atoms with van der Waals surface area (Å²) in [7, 11) is 0. The average Bonchev–Trinajstić information content (AvgIpc) is 2.08. The minimum atomic E-state index is -1.22. The quantitative estimate of drug-likeness (QED) is 0.372. The molecule has 0 fully saturated rings. The number of hydrogen-bond donors (Lipinski definition) is 2. The summed E-state index contributed by atoms with van der Waals surface area (Å²) in [5, 5.41) is 19.1. The number of nitro groups is 1. The second kappa shape index (κ2) is 3.78.